The highest BCUT2D eigenvalue weighted by Gasteiger charge is 2.33. The minimum atomic E-state index is -3.65. The zero-order valence-corrected chi connectivity index (χ0v) is 18.7. The lowest BCUT2D eigenvalue weighted by atomic mass is 10.2. The van der Waals surface area contributed by atoms with Gasteiger partial charge in [-0.15, -0.1) is 0 Å². The molecule has 1 aromatic heterocycles. The van der Waals surface area contributed by atoms with Gasteiger partial charge in [0.15, 0.2) is 9.84 Å². The fourth-order valence-electron chi connectivity index (χ4n) is 3.31. The number of carbonyl (C=O) groups is 1. The molecule has 1 amide bonds. The molecule has 4 rings (SSSR count). The zero-order valence-electron chi connectivity index (χ0n) is 17.1. The molecule has 0 bridgehead atoms. The standard InChI is InChI=1S/C20H19FN4O5S2/c1-24(2)32(29,30)16-9-3-13(4-10-16)20(26)22-19-17-11-31(27,28)12-18(17)23-25(19)15-7-5-14(21)6-8-15/h3-10H,11-12H2,1-2H3,(H,22,26). The fraction of sp³-hybridized carbons (Fsp3) is 0.200. The zero-order chi connectivity index (χ0) is 23.3. The molecule has 0 spiro atoms. The number of nitrogens with zero attached hydrogens (tertiary/aromatic N) is 3. The number of carbonyl (C=O) groups excluding carboxylic acids is 1. The van der Waals surface area contributed by atoms with E-state index >= 15 is 0 Å². The van der Waals surface area contributed by atoms with Crippen LogP contribution in [0.25, 0.3) is 5.69 Å². The van der Waals surface area contributed by atoms with Crippen LogP contribution in [0.3, 0.4) is 0 Å². The Labute approximate surface area is 184 Å². The van der Waals surface area contributed by atoms with Crippen molar-refractivity contribution in [2.24, 2.45) is 0 Å². The monoisotopic (exact) mass is 478 g/mol. The molecule has 0 saturated carbocycles. The Kier molecular flexibility index (Phi) is 5.39. The van der Waals surface area contributed by atoms with E-state index in [0.717, 1.165) is 4.31 Å². The van der Waals surface area contributed by atoms with E-state index < -0.39 is 31.6 Å². The Morgan fingerprint density at radius 3 is 2.28 bits per heavy atom. The second kappa shape index (κ2) is 7.80. The van der Waals surface area contributed by atoms with Crippen LogP contribution in [-0.4, -0.2) is 50.9 Å². The number of anilines is 1. The Bertz CT molecular complexity index is 1410. The lowest BCUT2D eigenvalue weighted by molar-refractivity contribution is 0.102. The Morgan fingerprint density at radius 1 is 1.06 bits per heavy atom. The highest BCUT2D eigenvalue weighted by atomic mass is 32.2. The third kappa shape index (κ3) is 4.04. The predicted molar refractivity (Wildman–Crippen MR) is 115 cm³/mol. The summed E-state index contributed by atoms with van der Waals surface area (Å²) in [5.74, 6) is -1.39. The lowest BCUT2D eigenvalue weighted by Gasteiger charge is -2.13. The van der Waals surface area contributed by atoms with Gasteiger partial charge in [-0.1, -0.05) is 0 Å². The number of benzene rings is 2. The molecule has 32 heavy (non-hydrogen) atoms. The van der Waals surface area contributed by atoms with Crippen molar-refractivity contribution in [3.8, 4) is 5.69 Å². The molecule has 168 valence electrons. The quantitative estimate of drug-likeness (QED) is 0.599. The molecular weight excluding hydrogens is 459 g/mol. The molecule has 9 nitrogen and oxygen atoms in total. The van der Waals surface area contributed by atoms with Crippen molar-refractivity contribution in [3.63, 3.8) is 0 Å². The smallest absolute Gasteiger partial charge is 0.256 e. The second-order valence-electron chi connectivity index (χ2n) is 7.46. The number of sulfone groups is 1. The van der Waals surface area contributed by atoms with Gasteiger partial charge in [-0.3, -0.25) is 4.79 Å². The molecule has 12 heteroatoms. The average molecular weight is 479 g/mol. The van der Waals surface area contributed by atoms with Gasteiger partial charge in [-0.2, -0.15) is 5.10 Å². The predicted octanol–water partition coefficient (Wildman–Crippen LogP) is 1.94. The fourth-order valence-corrected chi connectivity index (χ4v) is 5.70. The van der Waals surface area contributed by atoms with E-state index in [1.807, 2.05) is 0 Å². The number of amides is 1. The Morgan fingerprint density at radius 2 is 1.69 bits per heavy atom. The van der Waals surface area contributed by atoms with Crippen molar-refractivity contribution in [3.05, 3.63) is 71.2 Å². The summed E-state index contributed by atoms with van der Waals surface area (Å²) in [5.41, 5.74) is 1.30. The number of hydrogen-bond donors (Lipinski definition) is 1. The van der Waals surface area contributed by atoms with Gasteiger partial charge in [0, 0.05) is 25.2 Å². The summed E-state index contributed by atoms with van der Waals surface area (Å²) in [4.78, 5) is 12.9. The summed E-state index contributed by atoms with van der Waals surface area (Å²) in [5, 5.41) is 7.00. The minimum Gasteiger partial charge on any atom is -0.306 e. The highest BCUT2D eigenvalue weighted by molar-refractivity contribution is 7.90. The maximum atomic E-state index is 13.3. The van der Waals surface area contributed by atoms with Gasteiger partial charge in [-0.05, 0) is 48.5 Å². The van der Waals surface area contributed by atoms with Crippen molar-refractivity contribution in [2.75, 3.05) is 19.4 Å². The molecule has 0 fully saturated rings. The molecule has 0 aliphatic carbocycles. The Balaban J connectivity index is 1.69. The molecule has 0 saturated heterocycles. The molecule has 0 radical (unpaired) electrons. The third-order valence-electron chi connectivity index (χ3n) is 4.99. The third-order valence-corrected chi connectivity index (χ3v) is 8.26. The first kappa shape index (κ1) is 22.1. The van der Waals surface area contributed by atoms with E-state index in [0.29, 0.717) is 16.9 Å². The van der Waals surface area contributed by atoms with E-state index in [4.69, 9.17) is 0 Å². The molecule has 1 aliphatic rings. The van der Waals surface area contributed by atoms with Crippen molar-refractivity contribution >= 4 is 31.6 Å². The molecule has 2 heterocycles. The van der Waals surface area contributed by atoms with Gasteiger partial charge in [0.05, 0.1) is 27.8 Å². The van der Waals surface area contributed by atoms with Crippen LogP contribution < -0.4 is 5.32 Å². The van der Waals surface area contributed by atoms with Crippen LogP contribution in [0.2, 0.25) is 0 Å². The molecule has 0 unspecified atom stereocenters. The van der Waals surface area contributed by atoms with Gasteiger partial charge < -0.3 is 5.32 Å². The number of fused-ring (bicyclic) bond motifs is 1. The van der Waals surface area contributed by atoms with E-state index in [1.54, 1.807) is 0 Å². The number of rotatable bonds is 5. The largest absolute Gasteiger partial charge is 0.306 e. The van der Waals surface area contributed by atoms with Crippen molar-refractivity contribution < 1.29 is 26.0 Å². The second-order valence-corrected chi connectivity index (χ2v) is 11.7. The van der Waals surface area contributed by atoms with Crippen LogP contribution in [0.5, 0.6) is 0 Å². The van der Waals surface area contributed by atoms with Gasteiger partial charge in [0.1, 0.15) is 11.6 Å². The summed E-state index contributed by atoms with van der Waals surface area (Å²) in [6.45, 7) is 0. The number of hydrogen-bond acceptors (Lipinski definition) is 6. The summed E-state index contributed by atoms with van der Waals surface area (Å²) in [6.07, 6.45) is 0. The lowest BCUT2D eigenvalue weighted by Crippen LogP contribution is -2.22. The van der Waals surface area contributed by atoms with Gasteiger partial charge in [-0.25, -0.2) is 30.2 Å². The summed E-state index contributed by atoms with van der Waals surface area (Å²) in [6, 6.07) is 10.7. The number of halogens is 1. The SMILES string of the molecule is CN(C)S(=O)(=O)c1ccc(C(=O)Nc2c3c(nn2-c2ccc(F)cc2)CS(=O)(=O)C3)cc1. The maximum absolute atomic E-state index is 13.3. The van der Waals surface area contributed by atoms with Gasteiger partial charge >= 0.3 is 0 Å². The summed E-state index contributed by atoms with van der Waals surface area (Å²) >= 11 is 0. The van der Waals surface area contributed by atoms with Crippen LogP contribution in [0, 0.1) is 5.82 Å². The first-order valence-electron chi connectivity index (χ1n) is 9.39. The molecular formula is C20H19FN4O5S2. The number of nitrogens with one attached hydrogen (secondary N) is 1. The van der Waals surface area contributed by atoms with Crippen molar-refractivity contribution in [1.29, 1.82) is 0 Å². The van der Waals surface area contributed by atoms with Crippen molar-refractivity contribution in [1.82, 2.24) is 14.1 Å². The van der Waals surface area contributed by atoms with Crippen LogP contribution in [-0.2, 0) is 31.4 Å². The van der Waals surface area contributed by atoms with E-state index in [-0.39, 0.29) is 27.8 Å². The maximum Gasteiger partial charge on any atom is 0.256 e. The van der Waals surface area contributed by atoms with E-state index in [2.05, 4.69) is 10.4 Å². The van der Waals surface area contributed by atoms with Crippen LogP contribution in [0.4, 0.5) is 10.2 Å². The van der Waals surface area contributed by atoms with E-state index in [1.165, 1.54) is 67.3 Å². The topological polar surface area (TPSA) is 118 Å². The highest BCUT2D eigenvalue weighted by Crippen LogP contribution is 2.33. The molecule has 2 aromatic carbocycles. The van der Waals surface area contributed by atoms with E-state index in [9.17, 15) is 26.0 Å². The van der Waals surface area contributed by atoms with Crippen LogP contribution >= 0.6 is 0 Å². The average Bonchev–Trinajstić information content (AvgIpc) is 3.21. The minimum absolute atomic E-state index is 0.0300. The number of aromatic nitrogens is 2. The van der Waals surface area contributed by atoms with Gasteiger partial charge in [0.25, 0.3) is 5.91 Å². The number of sulfonamides is 1. The first-order chi connectivity index (χ1) is 15.0. The molecule has 1 aliphatic heterocycles. The first-order valence-corrected chi connectivity index (χ1v) is 12.7. The molecule has 1 N–H and O–H groups in total. The van der Waals surface area contributed by atoms with Crippen molar-refractivity contribution in [2.45, 2.75) is 16.4 Å². The normalized spacial score (nSPS) is 15.0. The van der Waals surface area contributed by atoms with Crippen LogP contribution in [0.15, 0.2) is 53.4 Å². The summed E-state index contributed by atoms with van der Waals surface area (Å²) < 4.78 is 64.3. The molecule has 3 aromatic rings. The summed E-state index contributed by atoms with van der Waals surface area (Å²) in [7, 11) is -4.22. The van der Waals surface area contributed by atoms with Crippen LogP contribution in [0.1, 0.15) is 21.6 Å². The Hall–Kier alpha value is -3.09. The molecule has 0 atom stereocenters. The van der Waals surface area contributed by atoms with Gasteiger partial charge in [0.2, 0.25) is 10.0 Å².